The summed E-state index contributed by atoms with van der Waals surface area (Å²) in [6.45, 7) is 0. The Morgan fingerprint density at radius 3 is 3.00 bits per heavy atom. The summed E-state index contributed by atoms with van der Waals surface area (Å²) < 4.78 is 2.11. The lowest BCUT2D eigenvalue weighted by Crippen LogP contribution is -2.16. The molecule has 1 N–H and O–H groups in total. The van der Waals surface area contributed by atoms with E-state index in [0.29, 0.717) is 6.04 Å². The van der Waals surface area contributed by atoms with Crippen LogP contribution in [0.1, 0.15) is 25.7 Å². The van der Waals surface area contributed by atoms with Gasteiger partial charge in [-0.1, -0.05) is 12.8 Å². The molecule has 1 aliphatic rings. The van der Waals surface area contributed by atoms with E-state index in [2.05, 4.69) is 31.5 Å². The van der Waals surface area contributed by atoms with E-state index in [4.69, 9.17) is 4.98 Å². The standard InChI is InChI=1S/C15H16N4S/c1-2-4-12(3-1)17-15-14(11-5-8-20-10-11)18-13-9-16-6-7-19(13)15/h5-10,12,17H,1-4H2. The number of thiophene rings is 1. The van der Waals surface area contributed by atoms with Crippen LogP contribution in [-0.4, -0.2) is 20.4 Å². The molecule has 20 heavy (non-hydrogen) atoms. The molecule has 0 atom stereocenters. The van der Waals surface area contributed by atoms with Crippen molar-refractivity contribution in [1.29, 1.82) is 0 Å². The molecule has 102 valence electrons. The first-order valence-electron chi connectivity index (χ1n) is 7.03. The molecule has 1 fully saturated rings. The number of nitrogens with one attached hydrogen (secondary N) is 1. The predicted molar refractivity (Wildman–Crippen MR) is 82.2 cm³/mol. The van der Waals surface area contributed by atoms with Gasteiger partial charge in [-0.2, -0.15) is 11.3 Å². The van der Waals surface area contributed by atoms with Crippen molar-refractivity contribution in [3.05, 3.63) is 35.4 Å². The van der Waals surface area contributed by atoms with Crippen LogP contribution in [0.4, 0.5) is 5.82 Å². The number of anilines is 1. The van der Waals surface area contributed by atoms with Gasteiger partial charge in [-0.05, 0) is 24.3 Å². The molecule has 1 saturated carbocycles. The van der Waals surface area contributed by atoms with Crippen molar-refractivity contribution in [2.75, 3.05) is 5.32 Å². The smallest absolute Gasteiger partial charge is 0.157 e. The van der Waals surface area contributed by atoms with Gasteiger partial charge < -0.3 is 5.32 Å². The topological polar surface area (TPSA) is 42.2 Å². The molecular formula is C15H16N4S. The van der Waals surface area contributed by atoms with Crippen molar-refractivity contribution in [2.24, 2.45) is 0 Å². The average molecular weight is 284 g/mol. The third-order valence-electron chi connectivity index (χ3n) is 3.92. The van der Waals surface area contributed by atoms with Gasteiger partial charge in [0.15, 0.2) is 5.65 Å². The summed E-state index contributed by atoms with van der Waals surface area (Å²) in [7, 11) is 0. The quantitative estimate of drug-likeness (QED) is 0.795. The molecule has 3 heterocycles. The summed E-state index contributed by atoms with van der Waals surface area (Å²) >= 11 is 1.70. The van der Waals surface area contributed by atoms with E-state index in [1.165, 1.54) is 31.2 Å². The highest BCUT2D eigenvalue weighted by atomic mass is 32.1. The molecule has 0 aliphatic heterocycles. The average Bonchev–Trinajstić information content (AvgIpc) is 3.19. The molecule has 4 rings (SSSR count). The van der Waals surface area contributed by atoms with Crippen LogP contribution in [0, 0.1) is 0 Å². The minimum absolute atomic E-state index is 0.570. The summed E-state index contributed by atoms with van der Waals surface area (Å²) in [5.41, 5.74) is 3.11. The molecule has 0 aromatic carbocycles. The van der Waals surface area contributed by atoms with Crippen molar-refractivity contribution >= 4 is 22.8 Å². The van der Waals surface area contributed by atoms with Crippen molar-refractivity contribution in [3.63, 3.8) is 0 Å². The second-order valence-electron chi connectivity index (χ2n) is 5.25. The number of fused-ring (bicyclic) bond motifs is 1. The van der Waals surface area contributed by atoms with E-state index in [9.17, 15) is 0 Å². The number of nitrogens with zero attached hydrogens (tertiary/aromatic N) is 3. The molecular weight excluding hydrogens is 268 g/mol. The summed E-state index contributed by atoms with van der Waals surface area (Å²) in [6, 6.07) is 2.69. The van der Waals surface area contributed by atoms with E-state index in [0.717, 1.165) is 17.2 Å². The molecule has 0 bridgehead atoms. The van der Waals surface area contributed by atoms with Gasteiger partial charge in [-0.25, -0.2) is 4.98 Å². The van der Waals surface area contributed by atoms with Crippen molar-refractivity contribution in [1.82, 2.24) is 14.4 Å². The van der Waals surface area contributed by atoms with Crippen LogP contribution in [0.5, 0.6) is 0 Å². The molecule has 0 radical (unpaired) electrons. The Morgan fingerprint density at radius 2 is 2.20 bits per heavy atom. The highest BCUT2D eigenvalue weighted by Gasteiger charge is 2.20. The van der Waals surface area contributed by atoms with Gasteiger partial charge in [0.1, 0.15) is 11.5 Å². The number of hydrogen-bond donors (Lipinski definition) is 1. The van der Waals surface area contributed by atoms with Crippen molar-refractivity contribution in [2.45, 2.75) is 31.7 Å². The zero-order chi connectivity index (χ0) is 13.4. The van der Waals surface area contributed by atoms with Gasteiger partial charge in [0.2, 0.25) is 0 Å². The third-order valence-corrected chi connectivity index (χ3v) is 4.60. The van der Waals surface area contributed by atoms with Crippen molar-refractivity contribution in [3.8, 4) is 11.3 Å². The second kappa shape index (κ2) is 4.90. The normalized spacial score (nSPS) is 16.0. The monoisotopic (exact) mass is 284 g/mol. The summed E-state index contributed by atoms with van der Waals surface area (Å²) in [5, 5.41) is 7.94. The fraction of sp³-hybridized carbons (Fsp3) is 0.333. The van der Waals surface area contributed by atoms with E-state index in [1.54, 1.807) is 11.3 Å². The fourth-order valence-electron chi connectivity index (χ4n) is 2.91. The van der Waals surface area contributed by atoms with Crippen LogP contribution >= 0.6 is 11.3 Å². The number of imidazole rings is 1. The van der Waals surface area contributed by atoms with E-state index in [1.807, 2.05) is 18.6 Å². The third kappa shape index (κ3) is 1.98. The lowest BCUT2D eigenvalue weighted by atomic mass is 10.2. The van der Waals surface area contributed by atoms with Crippen LogP contribution in [0.25, 0.3) is 16.9 Å². The number of hydrogen-bond acceptors (Lipinski definition) is 4. The molecule has 5 heteroatoms. The van der Waals surface area contributed by atoms with Gasteiger partial charge in [0, 0.05) is 29.4 Å². The Morgan fingerprint density at radius 1 is 1.30 bits per heavy atom. The first-order valence-corrected chi connectivity index (χ1v) is 7.97. The van der Waals surface area contributed by atoms with E-state index in [-0.39, 0.29) is 0 Å². The molecule has 1 aliphatic carbocycles. The van der Waals surface area contributed by atoms with Crippen LogP contribution in [-0.2, 0) is 0 Å². The van der Waals surface area contributed by atoms with Crippen LogP contribution in [0.3, 0.4) is 0 Å². The van der Waals surface area contributed by atoms with E-state index < -0.39 is 0 Å². The molecule has 0 spiro atoms. The first-order chi connectivity index (χ1) is 9.92. The maximum atomic E-state index is 4.74. The Labute approximate surface area is 121 Å². The Kier molecular flexibility index (Phi) is 2.92. The highest BCUT2D eigenvalue weighted by Crippen LogP contribution is 2.32. The molecule has 4 nitrogen and oxygen atoms in total. The summed E-state index contributed by atoms with van der Waals surface area (Å²) in [4.78, 5) is 8.91. The lowest BCUT2D eigenvalue weighted by molar-refractivity contribution is 0.749. The summed E-state index contributed by atoms with van der Waals surface area (Å²) in [5.74, 6) is 1.10. The Hall–Kier alpha value is -1.88. The molecule has 0 unspecified atom stereocenters. The summed E-state index contributed by atoms with van der Waals surface area (Å²) in [6.07, 6.45) is 10.8. The highest BCUT2D eigenvalue weighted by molar-refractivity contribution is 7.08. The minimum Gasteiger partial charge on any atom is -0.367 e. The minimum atomic E-state index is 0.570. The molecule has 3 aromatic rings. The van der Waals surface area contributed by atoms with Gasteiger partial charge in [0.25, 0.3) is 0 Å². The largest absolute Gasteiger partial charge is 0.367 e. The second-order valence-corrected chi connectivity index (χ2v) is 6.03. The molecule has 0 saturated heterocycles. The zero-order valence-electron chi connectivity index (χ0n) is 11.1. The zero-order valence-corrected chi connectivity index (χ0v) is 11.9. The Balaban J connectivity index is 1.84. The van der Waals surface area contributed by atoms with Crippen LogP contribution in [0.2, 0.25) is 0 Å². The van der Waals surface area contributed by atoms with Gasteiger partial charge in [0.05, 0.1) is 6.20 Å². The maximum absolute atomic E-state index is 4.74. The van der Waals surface area contributed by atoms with Crippen molar-refractivity contribution < 1.29 is 0 Å². The SMILES string of the molecule is c1cn2c(NC3CCCC3)c(-c3ccsc3)nc2cn1. The lowest BCUT2D eigenvalue weighted by Gasteiger charge is -2.14. The van der Waals surface area contributed by atoms with Gasteiger partial charge >= 0.3 is 0 Å². The predicted octanol–water partition coefficient (Wildman–Crippen LogP) is 3.81. The van der Waals surface area contributed by atoms with Gasteiger partial charge in [-0.15, -0.1) is 0 Å². The molecule has 3 aromatic heterocycles. The number of rotatable bonds is 3. The van der Waals surface area contributed by atoms with E-state index >= 15 is 0 Å². The van der Waals surface area contributed by atoms with Crippen LogP contribution in [0.15, 0.2) is 35.4 Å². The maximum Gasteiger partial charge on any atom is 0.157 e. The molecule has 0 amide bonds. The Bertz CT molecular complexity index is 711. The van der Waals surface area contributed by atoms with Gasteiger partial charge in [-0.3, -0.25) is 9.38 Å². The first kappa shape index (κ1) is 11.9. The van der Waals surface area contributed by atoms with Crippen LogP contribution < -0.4 is 5.32 Å². The fourth-order valence-corrected chi connectivity index (χ4v) is 3.55. The number of aromatic nitrogens is 3.